The van der Waals surface area contributed by atoms with Gasteiger partial charge in [-0.05, 0) is 37.7 Å². The molecule has 4 rings (SSSR count). The van der Waals surface area contributed by atoms with E-state index in [4.69, 9.17) is 5.73 Å². The third kappa shape index (κ3) is 2.37. The molecule has 2 N–H and O–H groups in total. The van der Waals surface area contributed by atoms with Crippen LogP contribution in [0.2, 0.25) is 0 Å². The lowest BCUT2D eigenvalue weighted by molar-refractivity contribution is 0.202. The van der Waals surface area contributed by atoms with Gasteiger partial charge in [-0.1, -0.05) is 19.3 Å². The summed E-state index contributed by atoms with van der Waals surface area (Å²) in [4.78, 5) is 13.7. The highest BCUT2D eigenvalue weighted by atomic mass is 32.1. The number of aromatic nitrogens is 2. The molecule has 5 heteroatoms. The van der Waals surface area contributed by atoms with Crippen molar-refractivity contribution in [3.8, 4) is 0 Å². The Kier molecular flexibility index (Phi) is 3.25. The Balaban J connectivity index is 1.69. The Morgan fingerprint density at radius 3 is 2.86 bits per heavy atom. The minimum Gasteiger partial charge on any atom is -0.368 e. The van der Waals surface area contributed by atoms with Crippen molar-refractivity contribution in [2.24, 2.45) is 11.8 Å². The largest absolute Gasteiger partial charge is 0.368 e. The number of nitrogen functional groups attached to an aromatic ring is 1. The summed E-state index contributed by atoms with van der Waals surface area (Å²) in [7, 11) is 0. The summed E-state index contributed by atoms with van der Waals surface area (Å²) >= 11 is 1.71. The number of nitrogens with two attached hydrogens (primary N) is 1. The minimum absolute atomic E-state index is 0.408. The smallest absolute Gasteiger partial charge is 0.223 e. The van der Waals surface area contributed by atoms with Crippen LogP contribution in [0.15, 0.2) is 6.07 Å². The fourth-order valence-corrected chi connectivity index (χ4v) is 4.96. The number of anilines is 2. The second kappa shape index (κ2) is 5.13. The monoisotopic (exact) mass is 302 g/mol. The van der Waals surface area contributed by atoms with Crippen LogP contribution in [0.5, 0.6) is 0 Å². The molecule has 1 aliphatic heterocycles. The van der Waals surface area contributed by atoms with E-state index in [1.807, 2.05) is 0 Å². The van der Waals surface area contributed by atoms with Crippen molar-refractivity contribution in [3.05, 3.63) is 10.9 Å². The van der Waals surface area contributed by atoms with Crippen LogP contribution in [-0.4, -0.2) is 23.1 Å². The molecule has 1 aliphatic carbocycles. The van der Waals surface area contributed by atoms with Gasteiger partial charge in [-0.3, -0.25) is 0 Å². The molecule has 1 saturated carbocycles. The van der Waals surface area contributed by atoms with Gasteiger partial charge in [0.15, 0.2) is 0 Å². The summed E-state index contributed by atoms with van der Waals surface area (Å²) in [6.45, 7) is 4.38. The van der Waals surface area contributed by atoms with Gasteiger partial charge in [-0.15, -0.1) is 11.3 Å². The number of nitrogens with zero attached hydrogens (tertiary/aromatic N) is 3. The van der Waals surface area contributed by atoms with Crippen molar-refractivity contribution >= 4 is 33.3 Å². The Morgan fingerprint density at radius 2 is 2.00 bits per heavy atom. The zero-order chi connectivity index (χ0) is 14.4. The fourth-order valence-electron chi connectivity index (χ4n) is 4.08. The summed E-state index contributed by atoms with van der Waals surface area (Å²) in [5.74, 6) is 3.25. The van der Waals surface area contributed by atoms with Crippen molar-refractivity contribution in [2.75, 3.05) is 23.7 Å². The molecule has 112 valence electrons. The molecule has 2 aromatic heterocycles. The number of rotatable bonds is 1. The van der Waals surface area contributed by atoms with Crippen molar-refractivity contribution < 1.29 is 0 Å². The van der Waals surface area contributed by atoms with Crippen LogP contribution in [0, 0.1) is 18.8 Å². The zero-order valence-corrected chi connectivity index (χ0v) is 13.3. The van der Waals surface area contributed by atoms with Crippen molar-refractivity contribution in [1.82, 2.24) is 9.97 Å². The SMILES string of the molecule is Cc1cc2c(N3CCC4CCCCC4C3)nc(N)nc2s1. The van der Waals surface area contributed by atoms with Gasteiger partial charge in [0.2, 0.25) is 5.95 Å². The van der Waals surface area contributed by atoms with E-state index in [-0.39, 0.29) is 0 Å². The highest BCUT2D eigenvalue weighted by molar-refractivity contribution is 7.18. The minimum atomic E-state index is 0.408. The Bertz CT molecular complexity index is 666. The molecule has 0 spiro atoms. The van der Waals surface area contributed by atoms with E-state index in [0.717, 1.165) is 35.6 Å². The Hall–Kier alpha value is -1.36. The van der Waals surface area contributed by atoms with Gasteiger partial charge < -0.3 is 10.6 Å². The first-order valence-electron chi connectivity index (χ1n) is 7.99. The topological polar surface area (TPSA) is 55.0 Å². The number of hydrogen-bond acceptors (Lipinski definition) is 5. The molecule has 0 bridgehead atoms. The van der Waals surface area contributed by atoms with Gasteiger partial charge in [-0.25, -0.2) is 4.98 Å². The maximum Gasteiger partial charge on any atom is 0.223 e. The van der Waals surface area contributed by atoms with Crippen molar-refractivity contribution in [1.29, 1.82) is 0 Å². The molecule has 21 heavy (non-hydrogen) atoms. The van der Waals surface area contributed by atoms with Crippen LogP contribution in [0.3, 0.4) is 0 Å². The van der Waals surface area contributed by atoms with Gasteiger partial charge >= 0.3 is 0 Å². The molecule has 2 unspecified atom stereocenters. The molecule has 0 amide bonds. The lowest BCUT2D eigenvalue weighted by Crippen LogP contribution is -2.42. The molecule has 4 nitrogen and oxygen atoms in total. The number of thiophene rings is 1. The lowest BCUT2D eigenvalue weighted by atomic mass is 9.75. The van der Waals surface area contributed by atoms with Gasteiger partial charge in [0, 0.05) is 18.0 Å². The first kappa shape index (κ1) is 13.3. The van der Waals surface area contributed by atoms with Gasteiger partial charge in [-0.2, -0.15) is 4.98 Å². The first-order chi connectivity index (χ1) is 10.2. The maximum absolute atomic E-state index is 5.93. The third-order valence-electron chi connectivity index (χ3n) is 5.10. The highest BCUT2D eigenvalue weighted by Gasteiger charge is 2.32. The fraction of sp³-hybridized carbons (Fsp3) is 0.625. The summed E-state index contributed by atoms with van der Waals surface area (Å²) < 4.78 is 0. The number of fused-ring (bicyclic) bond motifs is 2. The van der Waals surface area contributed by atoms with Gasteiger partial charge in [0.25, 0.3) is 0 Å². The van der Waals surface area contributed by atoms with Crippen LogP contribution in [-0.2, 0) is 0 Å². The molecule has 1 saturated heterocycles. The van der Waals surface area contributed by atoms with E-state index in [0.29, 0.717) is 5.95 Å². The average molecular weight is 302 g/mol. The van der Waals surface area contributed by atoms with Crippen LogP contribution in [0.1, 0.15) is 37.0 Å². The summed E-state index contributed by atoms with van der Waals surface area (Å²) in [6.07, 6.45) is 6.94. The van der Waals surface area contributed by atoms with Crippen molar-refractivity contribution in [3.63, 3.8) is 0 Å². The molecule has 2 aliphatic rings. The van der Waals surface area contributed by atoms with E-state index in [9.17, 15) is 0 Å². The van der Waals surface area contributed by atoms with E-state index in [1.54, 1.807) is 11.3 Å². The molecule has 2 aromatic rings. The van der Waals surface area contributed by atoms with Crippen molar-refractivity contribution in [2.45, 2.75) is 39.0 Å². The number of aryl methyl sites for hydroxylation is 1. The molecule has 0 aromatic carbocycles. The van der Waals surface area contributed by atoms with Crippen LogP contribution >= 0.6 is 11.3 Å². The third-order valence-corrected chi connectivity index (χ3v) is 6.05. The second-order valence-electron chi connectivity index (χ2n) is 6.52. The molecular weight excluding hydrogens is 280 g/mol. The molecule has 2 fully saturated rings. The van der Waals surface area contributed by atoms with Crippen LogP contribution in [0.4, 0.5) is 11.8 Å². The second-order valence-corrected chi connectivity index (χ2v) is 7.76. The first-order valence-corrected chi connectivity index (χ1v) is 8.81. The average Bonchev–Trinajstić information content (AvgIpc) is 2.86. The summed E-state index contributed by atoms with van der Waals surface area (Å²) in [5.41, 5.74) is 5.93. The van der Waals surface area contributed by atoms with Crippen LogP contribution < -0.4 is 10.6 Å². The number of hydrogen-bond donors (Lipinski definition) is 1. The van der Waals surface area contributed by atoms with Gasteiger partial charge in [0.1, 0.15) is 10.6 Å². The Labute approximate surface area is 129 Å². The van der Waals surface area contributed by atoms with E-state index < -0.39 is 0 Å². The van der Waals surface area contributed by atoms with E-state index in [2.05, 4.69) is 27.9 Å². The highest BCUT2D eigenvalue weighted by Crippen LogP contribution is 2.39. The van der Waals surface area contributed by atoms with E-state index >= 15 is 0 Å². The predicted molar refractivity (Wildman–Crippen MR) is 88.8 cm³/mol. The molecule has 0 radical (unpaired) electrons. The van der Waals surface area contributed by atoms with E-state index in [1.165, 1.54) is 42.4 Å². The standard InChI is InChI=1S/C16H22N4S/c1-10-8-13-14(18-16(17)19-15(13)21-10)20-7-6-11-4-2-3-5-12(11)9-20/h8,11-12H,2-7,9H2,1H3,(H2,17,18,19). The molecule has 2 atom stereocenters. The Morgan fingerprint density at radius 1 is 1.19 bits per heavy atom. The maximum atomic E-state index is 5.93. The van der Waals surface area contributed by atoms with Crippen LogP contribution in [0.25, 0.3) is 10.2 Å². The molecular formula is C16H22N4S. The molecule has 3 heterocycles. The predicted octanol–water partition coefficient (Wildman–Crippen LogP) is 3.60. The quantitative estimate of drug-likeness (QED) is 0.874. The summed E-state index contributed by atoms with van der Waals surface area (Å²) in [5, 5.41) is 1.18. The normalized spacial score (nSPS) is 26.0. The lowest BCUT2D eigenvalue weighted by Gasteiger charge is -2.42. The number of piperidine rings is 1. The summed E-state index contributed by atoms with van der Waals surface area (Å²) in [6, 6.07) is 2.21. The van der Waals surface area contributed by atoms with Gasteiger partial charge in [0.05, 0.1) is 5.39 Å². The zero-order valence-electron chi connectivity index (χ0n) is 12.5.